The molecule has 2 fully saturated rings. The van der Waals surface area contributed by atoms with E-state index in [4.69, 9.17) is 14.2 Å². The molecule has 2 amide bonds. The van der Waals surface area contributed by atoms with Gasteiger partial charge in [-0.3, -0.25) is 9.59 Å². The number of carbonyl (C=O) groups excluding carboxylic acids is 3. The van der Waals surface area contributed by atoms with Gasteiger partial charge < -0.3 is 24.4 Å². The van der Waals surface area contributed by atoms with Gasteiger partial charge in [-0.1, -0.05) is 34.1 Å². The Labute approximate surface area is 261 Å². The van der Waals surface area contributed by atoms with E-state index in [1.54, 1.807) is 34.6 Å². The zero-order valence-corrected chi connectivity index (χ0v) is 26.8. The van der Waals surface area contributed by atoms with Crippen LogP contribution in [0.4, 0.5) is 18.0 Å². The predicted molar refractivity (Wildman–Crippen MR) is 160 cm³/mol. The number of benzene rings is 1. The van der Waals surface area contributed by atoms with Crippen molar-refractivity contribution in [2.24, 2.45) is 17.3 Å². The maximum Gasteiger partial charge on any atom is 0.408 e. The number of rotatable bonds is 2. The van der Waals surface area contributed by atoms with E-state index >= 15 is 13.2 Å². The number of hydrogen-bond donors (Lipinski definition) is 1. The molecular formula is C33H42F3N3O6. The molecule has 1 saturated heterocycles. The second-order valence-electron chi connectivity index (χ2n) is 14.0. The van der Waals surface area contributed by atoms with Gasteiger partial charge in [0.15, 0.2) is 5.78 Å². The minimum absolute atomic E-state index is 0.0326. The Balaban J connectivity index is 1.61. The first kappa shape index (κ1) is 32.8. The van der Waals surface area contributed by atoms with Gasteiger partial charge in [-0.05, 0) is 50.7 Å². The Hall–Kier alpha value is -3.57. The molecule has 0 spiro atoms. The van der Waals surface area contributed by atoms with Gasteiger partial charge >= 0.3 is 6.09 Å². The first-order valence-electron chi connectivity index (χ1n) is 15.5. The molecule has 1 N–H and O–H groups in total. The minimum atomic E-state index is -3.64. The number of ketones is 1. The topological polar surface area (TPSA) is 107 Å². The van der Waals surface area contributed by atoms with Gasteiger partial charge in [0.25, 0.3) is 5.92 Å². The average Bonchev–Trinajstić information content (AvgIpc) is 3.45. The number of alkyl carbamates (subject to hydrolysis) is 1. The standard InChI is InChI=1S/C33H42F3N3O6/c1-17-23-16-39(26(17)18(2)40)29(41)27(31(3,4)5)38-30(42)45-32(6)15-19(32)10-8-9-13-33(35,36)24-25(34)21-12-11-20(43-7)14-22(21)37-28(24)44-23/h11-12,14,17,19,23,26-27H,8-10,13,15-16H2,1-7H3,(H,38,42)/t17?,19-,23+,26+,27-,32-/m1/s1. The Morgan fingerprint density at radius 1 is 1.20 bits per heavy atom. The number of ether oxygens (including phenoxy) is 3. The summed E-state index contributed by atoms with van der Waals surface area (Å²) in [4.78, 5) is 45.8. The fraction of sp³-hybridized carbons (Fsp3) is 0.636. The number of aromatic nitrogens is 1. The van der Waals surface area contributed by atoms with Crippen molar-refractivity contribution in [3.05, 3.63) is 29.6 Å². The predicted octanol–water partition coefficient (Wildman–Crippen LogP) is 6.15. The van der Waals surface area contributed by atoms with Gasteiger partial charge in [0.2, 0.25) is 11.8 Å². The van der Waals surface area contributed by atoms with E-state index in [1.165, 1.54) is 37.1 Å². The van der Waals surface area contributed by atoms with Crippen LogP contribution >= 0.6 is 0 Å². The third kappa shape index (κ3) is 6.29. The number of nitrogens with zero attached hydrogens (tertiary/aromatic N) is 2. The Morgan fingerprint density at radius 2 is 1.91 bits per heavy atom. The molecule has 2 bridgehead atoms. The smallest absolute Gasteiger partial charge is 0.408 e. The lowest BCUT2D eigenvalue weighted by Gasteiger charge is -2.35. The van der Waals surface area contributed by atoms with Gasteiger partial charge in [0, 0.05) is 29.7 Å². The fourth-order valence-corrected chi connectivity index (χ4v) is 6.78. The van der Waals surface area contributed by atoms with Crippen LogP contribution in [0.5, 0.6) is 11.6 Å². The third-order valence-corrected chi connectivity index (χ3v) is 9.57. The minimum Gasteiger partial charge on any atom is -0.497 e. The van der Waals surface area contributed by atoms with Crippen molar-refractivity contribution in [3.8, 4) is 11.6 Å². The van der Waals surface area contributed by atoms with Crippen LogP contribution in [0.1, 0.15) is 79.2 Å². The Morgan fingerprint density at radius 3 is 2.56 bits per heavy atom. The molecule has 12 heteroatoms. The van der Waals surface area contributed by atoms with Gasteiger partial charge in [0.05, 0.1) is 25.2 Å². The molecule has 6 atom stereocenters. The Bertz CT molecular complexity index is 1510. The van der Waals surface area contributed by atoms with E-state index in [0.29, 0.717) is 25.0 Å². The molecule has 2 aromatic rings. The van der Waals surface area contributed by atoms with Crippen LogP contribution in [0.3, 0.4) is 0 Å². The Kier molecular flexibility index (Phi) is 8.50. The summed E-state index contributed by atoms with van der Waals surface area (Å²) >= 11 is 0. The number of nitrogens with one attached hydrogen (secondary N) is 1. The number of amides is 2. The highest BCUT2D eigenvalue weighted by molar-refractivity contribution is 5.92. The number of carbonyl (C=O) groups is 3. The van der Waals surface area contributed by atoms with Crippen molar-refractivity contribution >= 4 is 28.7 Å². The van der Waals surface area contributed by atoms with E-state index in [2.05, 4.69) is 10.3 Å². The summed E-state index contributed by atoms with van der Waals surface area (Å²) in [7, 11) is 1.42. The average molecular weight is 634 g/mol. The van der Waals surface area contributed by atoms with E-state index in [0.717, 1.165) is 0 Å². The lowest BCUT2D eigenvalue weighted by molar-refractivity contribution is -0.141. The van der Waals surface area contributed by atoms with E-state index in [-0.39, 0.29) is 35.6 Å². The number of hydrogen-bond acceptors (Lipinski definition) is 7. The van der Waals surface area contributed by atoms with Crippen LogP contribution < -0.4 is 14.8 Å². The normalized spacial score (nSPS) is 30.6. The second-order valence-corrected chi connectivity index (χ2v) is 14.0. The lowest BCUT2D eigenvalue weighted by Crippen LogP contribution is -2.57. The van der Waals surface area contributed by atoms with Gasteiger partial charge in [-0.25, -0.2) is 22.9 Å². The number of halogens is 3. The maximum absolute atomic E-state index is 16.1. The van der Waals surface area contributed by atoms with E-state index in [9.17, 15) is 14.4 Å². The van der Waals surface area contributed by atoms with Crippen LogP contribution in [-0.2, 0) is 20.2 Å². The molecule has 0 radical (unpaired) electrons. The molecule has 9 nitrogen and oxygen atoms in total. The molecule has 246 valence electrons. The second kappa shape index (κ2) is 11.7. The van der Waals surface area contributed by atoms with Crippen LogP contribution in [0.2, 0.25) is 0 Å². The van der Waals surface area contributed by atoms with Crippen LogP contribution in [0.15, 0.2) is 18.2 Å². The molecule has 1 aromatic carbocycles. The number of pyridine rings is 1. The van der Waals surface area contributed by atoms with Crippen molar-refractivity contribution in [2.75, 3.05) is 13.7 Å². The monoisotopic (exact) mass is 633 g/mol. The quantitative estimate of drug-likeness (QED) is 0.423. The fourth-order valence-electron chi connectivity index (χ4n) is 6.78. The van der Waals surface area contributed by atoms with Crippen LogP contribution in [0, 0.1) is 23.1 Å². The lowest BCUT2D eigenvalue weighted by atomic mass is 9.85. The molecule has 45 heavy (non-hydrogen) atoms. The highest BCUT2D eigenvalue weighted by Crippen LogP contribution is 2.50. The molecule has 2 aliphatic heterocycles. The molecule has 5 rings (SSSR count). The highest BCUT2D eigenvalue weighted by Gasteiger charge is 2.55. The summed E-state index contributed by atoms with van der Waals surface area (Å²) in [5.74, 6) is -6.59. The zero-order valence-electron chi connectivity index (χ0n) is 26.8. The van der Waals surface area contributed by atoms with Crippen molar-refractivity contribution in [1.82, 2.24) is 15.2 Å². The van der Waals surface area contributed by atoms with Gasteiger partial charge in [-0.15, -0.1) is 0 Å². The molecular weight excluding hydrogens is 591 g/mol. The highest BCUT2D eigenvalue weighted by atomic mass is 19.3. The number of Topliss-reactive ketones (excluding diaryl/α,β-unsaturated/α-hetero) is 1. The number of fused-ring (bicyclic) bond motifs is 5. The van der Waals surface area contributed by atoms with Crippen LogP contribution in [-0.4, -0.2) is 65.1 Å². The van der Waals surface area contributed by atoms with Gasteiger partial charge in [0.1, 0.15) is 34.9 Å². The van der Waals surface area contributed by atoms with Crippen molar-refractivity contribution < 1.29 is 41.8 Å². The number of methoxy groups -OCH3 is 1. The SMILES string of the molecule is COc1ccc2c(F)c3c(nc2c1)O[C@H]1CN(C(=O)[C@H](C(C)(C)C)NC(=O)O[C@]2(C)C[C@H]2CCCCC3(F)F)[C@H](C(C)=O)C1C. The first-order valence-corrected chi connectivity index (χ1v) is 15.5. The summed E-state index contributed by atoms with van der Waals surface area (Å²) in [6, 6.07) is 2.20. The van der Waals surface area contributed by atoms with Crippen molar-refractivity contribution in [1.29, 1.82) is 0 Å². The largest absolute Gasteiger partial charge is 0.497 e. The summed E-state index contributed by atoms with van der Waals surface area (Å²) in [6.07, 6.45) is -0.783. The summed E-state index contributed by atoms with van der Waals surface area (Å²) in [5.41, 5.74) is -2.44. The summed E-state index contributed by atoms with van der Waals surface area (Å²) in [5, 5.41) is 2.63. The third-order valence-electron chi connectivity index (χ3n) is 9.57. The molecule has 1 aliphatic carbocycles. The van der Waals surface area contributed by atoms with E-state index in [1.807, 2.05) is 0 Å². The van der Waals surface area contributed by atoms with E-state index < -0.39 is 76.7 Å². The molecule has 1 unspecified atom stereocenters. The van der Waals surface area contributed by atoms with Gasteiger partial charge in [-0.2, -0.15) is 0 Å². The molecule has 3 aliphatic rings. The molecule has 1 aromatic heterocycles. The summed E-state index contributed by atoms with van der Waals surface area (Å²) in [6.45, 7) is 9.97. The van der Waals surface area contributed by atoms with Crippen LogP contribution in [0.25, 0.3) is 10.9 Å². The zero-order chi connectivity index (χ0) is 33.1. The van der Waals surface area contributed by atoms with Crippen molar-refractivity contribution in [3.63, 3.8) is 0 Å². The summed E-state index contributed by atoms with van der Waals surface area (Å²) < 4.78 is 65.2. The molecule has 1 saturated carbocycles. The number of alkyl halides is 2. The first-order chi connectivity index (χ1) is 21.0. The molecule has 3 heterocycles. The van der Waals surface area contributed by atoms with Crippen molar-refractivity contribution in [2.45, 2.75) is 103 Å². The maximum atomic E-state index is 16.1.